The van der Waals surface area contributed by atoms with Crippen molar-refractivity contribution in [3.05, 3.63) is 83.8 Å². The number of rotatable bonds is 8. The summed E-state index contributed by atoms with van der Waals surface area (Å²) in [6, 6.07) is 18.8. The maximum atomic E-state index is 12.6. The Hall–Kier alpha value is -3.06. The van der Waals surface area contributed by atoms with Crippen LogP contribution in [-0.2, 0) is 22.8 Å². The standard InChI is InChI=1S/C24H26N2O4S/c1-18-16-19-8-5-6-11-22(19)26(18)17-20-12-14-30-23(20)24(27)25-13-7-15-31(28,29)21-9-3-2-4-10-21/h2-6,8-12,14,18H,7,13,15-17H2,1H3,(H,25,27). The van der Waals surface area contributed by atoms with Gasteiger partial charge in [-0.25, -0.2) is 8.42 Å². The lowest BCUT2D eigenvalue weighted by Gasteiger charge is -2.24. The molecule has 4 rings (SSSR count). The van der Waals surface area contributed by atoms with Gasteiger partial charge in [-0.1, -0.05) is 36.4 Å². The van der Waals surface area contributed by atoms with Crippen LogP contribution >= 0.6 is 0 Å². The smallest absolute Gasteiger partial charge is 0.287 e. The summed E-state index contributed by atoms with van der Waals surface area (Å²) in [6.07, 6.45) is 2.83. The Kier molecular flexibility index (Phi) is 6.13. The van der Waals surface area contributed by atoms with Crippen LogP contribution in [0.1, 0.15) is 35.0 Å². The highest BCUT2D eigenvalue weighted by atomic mass is 32.2. The Morgan fingerprint density at radius 2 is 1.84 bits per heavy atom. The van der Waals surface area contributed by atoms with E-state index < -0.39 is 9.84 Å². The van der Waals surface area contributed by atoms with Gasteiger partial charge in [-0.05, 0) is 49.6 Å². The van der Waals surface area contributed by atoms with Gasteiger partial charge in [0.05, 0.1) is 16.9 Å². The number of carbonyl (C=O) groups excluding carboxylic acids is 1. The predicted molar refractivity (Wildman–Crippen MR) is 120 cm³/mol. The SMILES string of the molecule is CC1Cc2ccccc2N1Cc1ccoc1C(=O)NCCCS(=O)(=O)c1ccccc1. The fourth-order valence-corrected chi connectivity index (χ4v) is 5.34. The summed E-state index contributed by atoms with van der Waals surface area (Å²) in [4.78, 5) is 15.2. The molecule has 0 fully saturated rings. The average molecular weight is 439 g/mol. The van der Waals surface area contributed by atoms with Gasteiger partial charge in [-0.2, -0.15) is 0 Å². The first-order valence-electron chi connectivity index (χ1n) is 10.4. The van der Waals surface area contributed by atoms with Gasteiger partial charge >= 0.3 is 0 Å². The molecule has 0 spiro atoms. The van der Waals surface area contributed by atoms with Crippen LogP contribution in [0, 0.1) is 0 Å². The molecule has 31 heavy (non-hydrogen) atoms. The van der Waals surface area contributed by atoms with Gasteiger partial charge in [0, 0.05) is 30.4 Å². The van der Waals surface area contributed by atoms with Crippen molar-refractivity contribution in [1.29, 1.82) is 0 Å². The molecule has 3 aromatic rings. The molecule has 2 heterocycles. The number of para-hydroxylation sites is 1. The lowest BCUT2D eigenvalue weighted by atomic mass is 10.1. The number of fused-ring (bicyclic) bond motifs is 1. The van der Waals surface area contributed by atoms with E-state index >= 15 is 0 Å². The van der Waals surface area contributed by atoms with Crippen LogP contribution in [-0.4, -0.2) is 32.7 Å². The summed E-state index contributed by atoms with van der Waals surface area (Å²) in [7, 11) is -3.35. The molecule has 1 aliphatic heterocycles. The van der Waals surface area contributed by atoms with Gasteiger partial charge in [0.25, 0.3) is 5.91 Å². The summed E-state index contributed by atoms with van der Waals surface area (Å²) in [6.45, 7) is 3.01. The molecule has 0 radical (unpaired) electrons. The summed E-state index contributed by atoms with van der Waals surface area (Å²) >= 11 is 0. The van der Waals surface area contributed by atoms with Gasteiger partial charge in [0.1, 0.15) is 0 Å². The second kappa shape index (κ2) is 8.98. The molecular formula is C24H26N2O4S. The van der Waals surface area contributed by atoms with Gasteiger partial charge in [-0.3, -0.25) is 4.79 Å². The van der Waals surface area contributed by atoms with Crippen molar-refractivity contribution in [2.24, 2.45) is 0 Å². The van der Waals surface area contributed by atoms with Crippen molar-refractivity contribution in [3.8, 4) is 0 Å². The molecule has 1 aromatic heterocycles. The van der Waals surface area contributed by atoms with Crippen LogP contribution < -0.4 is 10.2 Å². The molecule has 0 saturated heterocycles. The molecule has 1 N–H and O–H groups in total. The Morgan fingerprint density at radius 3 is 2.65 bits per heavy atom. The van der Waals surface area contributed by atoms with E-state index in [0.717, 1.165) is 12.0 Å². The molecule has 0 aliphatic carbocycles. The first-order chi connectivity index (χ1) is 15.0. The zero-order valence-corrected chi connectivity index (χ0v) is 18.3. The normalized spacial score (nSPS) is 15.6. The molecule has 1 aliphatic rings. The number of sulfone groups is 1. The molecule has 7 heteroatoms. The Balaban J connectivity index is 1.34. The highest BCUT2D eigenvalue weighted by molar-refractivity contribution is 7.91. The summed E-state index contributed by atoms with van der Waals surface area (Å²) in [5, 5.41) is 2.79. The largest absolute Gasteiger partial charge is 0.459 e. The molecular weight excluding hydrogens is 412 g/mol. The molecule has 0 bridgehead atoms. The zero-order valence-electron chi connectivity index (χ0n) is 17.5. The third-order valence-corrected chi connectivity index (χ3v) is 7.44. The van der Waals surface area contributed by atoms with Crippen LogP contribution in [0.25, 0.3) is 0 Å². The van der Waals surface area contributed by atoms with Crippen molar-refractivity contribution in [2.45, 2.75) is 37.2 Å². The first-order valence-corrected chi connectivity index (χ1v) is 12.1. The maximum absolute atomic E-state index is 12.6. The van der Waals surface area contributed by atoms with E-state index in [-0.39, 0.29) is 24.0 Å². The number of furan rings is 1. The van der Waals surface area contributed by atoms with Crippen LogP contribution in [0.2, 0.25) is 0 Å². The van der Waals surface area contributed by atoms with Crippen LogP contribution in [0.15, 0.2) is 76.2 Å². The van der Waals surface area contributed by atoms with Crippen molar-refractivity contribution < 1.29 is 17.6 Å². The van der Waals surface area contributed by atoms with Gasteiger partial charge in [-0.15, -0.1) is 0 Å². The van der Waals surface area contributed by atoms with E-state index in [1.165, 1.54) is 17.5 Å². The molecule has 1 atom stereocenters. The van der Waals surface area contributed by atoms with Crippen LogP contribution in [0.5, 0.6) is 0 Å². The highest BCUT2D eigenvalue weighted by Crippen LogP contribution is 2.33. The van der Waals surface area contributed by atoms with Gasteiger partial charge < -0.3 is 14.6 Å². The quantitative estimate of drug-likeness (QED) is 0.541. The topological polar surface area (TPSA) is 79.6 Å². The number of carbonyl (C=O) groups is 1. The van der Waals surface area contributed by atoms with E-state index in [1.807, 2.05) is 18.2 Å². The molecule has 6 nitrogen and oxygen atoms in total. The predicted octanol–water partition coefficient (Wildman–Crippen LogP) is 3.82. The monoisotopic (exact) mass is 438 g/mol. The number of nitrogens with one attached hydrogen (secondary N) is 1. The van der Waals surface area contributed by atoms with Crippen molar-refractivity contribution in [1.82, 2.24) is 5.32 Å². The van der Waals surface area contributed by atoms with E-state index in [4.69, 9.17) is 4.42 Å². The molecule has 1 unspecified atom stereocenters. The maximum Gasteiger partial charge on any atom is 0.287 e. The molecule has 0 saturated carbocycles. The van der Waals surface area contributed by atoms with Crippen molar-refractivity contribution in [2.75, 3.05) is 17.2 Å². The van der Waals surface area contributed by atoms with Crippen molar-refractivity contribution in [3.63, 3.8) is 0 Å². The summed E-state index contributed by atoms with van der Waals surface area (Å²) < 4.78 is 30.2. The van der Waals surface area contributed by atoms with E-state index in [9.17, 15) is 13.2 Å². The Bertz CT molecular complexity index is 1160. The minimum absolute atomic E-state index is 0.0234. The Morgan fingerprint density at radius 1 is 1.10 bits per heavy atom. The number of amides is 1. The third kappa shape index (κ3) is 4.66. The van der Waals surface area contributed by atoms with Gasteiger partial charge in [0.2, 0.25) is 0 Å². The summed E-state index contributed by atoms with van der Waals surface area (Å²) in [5.41, 5.74) is 3.32. The van der Waals surface area contributed by atoms with Crippen molar-refractivity contribution >= 4 is 21.4 Å². The number of hydrogen-bond donors (Lipinski definition) is 1. The lowest BCUT2D eigenvalue weighted by Crippen LogP contribution is -2.31. The van der Waals surface area contributed by atoms with E-state index in [1.54, 1.807) is 30.3 Å². The minimum atomic E-state index is -3.35. The first kappa shape index (κ1) is 21.2. The Labute approximate surface area is 182 Å². The fraction of sp³-hybridized carbons (Fsp3) is 0.292. The number of nitrogens with zero attached hydrogens (tertiary/aromatic N) is 1. The van der Waals surface area contributed by atoms with E-state index in [0.29, 0.717) is 23.9 Å². The number of benzene rings is 2. The second-order valence-corrected chi connectivity index (χ2v) is 9.94. The third-order valence-electron chi connectivity index (χ3n) is 5.62. The van der Waals surface area contributed by atoms with E-state index in [2.05, 4.69) is 29.3 Å². The second-order valence-electron chi connectivity index (χ2n) is 7.83. The molecule has 162 valence electrons. The highest BCUT2D eigenvalue weighted by Gasteiger charge is 2.27. The van der Waals surface area contributed by atoms with Gasteiger partial charge in [0.15, 0.2) is 15.6 Å². The molecule has 2 aromatic carbocycles. The minimum Gasteiger partial charge on any atom is -0.459 e. The average Bonchev–Trinajstić information content (AvgIpc) is 3.36. The molecule has 1 amide bonds. The number of hydrogen-bond acceptors (Lipinski definition) is 5. The van der Waals surface area contributed by atoms with Crippen LogP contribution in [0.3, 0.4) is 0 Å². The van der Waals surface area contributed by atoms with Crippen LogP contribution in [0.4, 0.5) is 5.69 Å². The lowest BCUT2D eigenvalue weighted by molar-refractivity contribution is 0.0924. The number of anilines is 1. The summed E-state index contributed by atoms with van der Waals surface area (Å²) in [5.74, 6) is -0.0653. The zero-order chi connectivity index (χ0) is 21.8. The fourth-order valence-electron chi connectivity index (χ4n) is 4.00.